The minimum absolute atomic E-state index is 0.586. The molecule has 1 heteroatoms. The van der Waals surface area contributed by atoms with E-state index >= 15 is 0 Å². The summed E-state index contributed by atoms with van der Waals surface area (Å²) >= 11 is 0. The maximum absolute atomic E-state index is 2.32. The number of hydrogen-bond acceptors (Lipinski definition) is 1. The van der Waals surface area contributed by atoms with Crippen LogP contribution in [0, 0.1) is 5.92 Å². The normalized spacial score (nSPS) is 13.0. The fourth-order valence-electron chi connectivity index (χ4n) is 1.35. The molecule has 0 spiro atoms. The van der Waals surface area contributed by atoms with Crippen LogP contribution >= 0.6 is 0 Å². The van der Waals surface area contributed by atoms with Crippen molar-refractivity contribution in [2.75, 3.05) is 11.9 Å². The van der Waals surface area contributed by atoms with Gasteiger partial charge < -0.3 is 4.90 Å². The first-order valence-corrected chi connectivity index (χ1v) is 4.91. The van der Waals surface area contributed by atoms with Crippen molar-refractivity contribution in [1.29, 1.82) is 0 Å². The predicted octanol–water partition coefficient (Wildman–Crippen LogP) is 3.17. The first-order valence-electron chi connectivity index (χ1n) is 4.91. The fourth-order valence-corrected chi connectivity index (χ4v) is 1.35. The van der Waals surface area contributed by atoms with Crippen molar-refractivity contribution in [3.63, 3.8) is 0 Å². The zero-order chi connectivity index (χ0) is 9.84. The van der Waals surface area contributed by atoms with E-state index in [4.69, 9.17) is 0 Å². The molecule has 0 aliphatic heterocycles. The van der Waals surface area contributed by atoms with E-state index in [1.165, 1.54) is 5.69 Å². The van der Waals surface area contributed by atoms with Gasteiger partial charge in [0.05, 0.1) is 0 Å². The molecule has 13 heavy (non-hydrogen) atoms. The van der Waals surface area contributed by atoms with Crippen LogP contribution in [0.4, 0.5) is 5.69 Å². The molecule has 0 amide bonds. The van der Waals surface area contributed by atoms with Gasteiger partial charge in [-0.2, -0.15) is 0 Å². The molecule has 0 fully saturated rings. The van der Waals surface area contributed by atoms with Crippen LogP contribution in [0.15, 0.2) is 30.3 Å². The average molecular weight is 177 g/mol. The van der Waals surface area contributed by atoms with Gasteiger partial charge in [-0.15, -0.1) is 0 Å². The van der Waals surface area contributed by atoms with Crippen LogP contribution in [0.1, 0.15) is 20.8 Å². The summed E-state index contributed by atoms with van der Waals surface area (Å²) in [5.74, 6) is 0.685. The molecule has 1 atom stereocenters. The van der Waals surface area contributed by atoms with Crippen molar-refractivity contribution in [3.8, 4) is 0 Å². The Labute approximate surface area is 81.4 Å². The molecule has 72 valence electrons. The third kappa shape index (κ3) is 2.48. The van der Waals surface area contributed by atoms with Crippen LogP contribution in [0.5, 0.6) is 0 Å². The molecule has 0 aliphatic carbocycles. The van der Waals surface area contributed by atoms with E-state index < -0.39 is 0 Å². The molecule has 0 saturated heterocycles. The molecule has 0 bridgehead atoms. The summed E-state index contributed by atoms with van der Waals surface area (Å²) in [5.41, 5.74) is 1.30. The van der Waals surface area contributed by atoms with Crippen LogP contribution in [0.2, 0.25) is 0 Å². The summed E-state index contributed by atoms with van der Waals surface area (Å²) < 4.78 is 0. The molecular weight excluding hydrogens is 158 g/mol. The van der Waals surface area contributed by atoms with Gasteiger partial charge in [-0.25, -0.2) is 0 Å². The summed E-state index contributed by atoms with van der Waals surface area (Å²) in [5, 5.41) is 0. The molecule has 1 rings (SSSR count). The van der Waals surface area contributed by atoms with Gasteiger partial charge >= 0.3 is 0 Å². The Morgan fingerprint density at radius 1 is 1.00 bits per heavy atom. The second kappa shape index (κ2) is 4.31. The highest BCUT2D eigenvalue weighted by Crippen LogP contribution is 2.17. The van der Waals surface area contributed by atoms with Crippen LogP contribution in [-0.4, -0.2) is 13.1 Å². The third-order valence-electron chi connectivity index (χ3n) is 2.74. The average Bonchev–Trinajstić information content (AvgIpc) is 2.17. The molecule has 0 N–H and O–H groups in total. The summed E-state index contributed by atoms with van der Waals surface area (Å²) in [4.78, 5) is 2.32. The first kappa shape index (κ1) is 10.1. The Bertz CT molecular complexity index is 241. The lowest BCUT2D eigenvalue weighted by Gasteiger charge is -2.29. The fraction of sp³-hybridized carbons (Fsp3) is 0.500. The van der Waals surface area contributed by atoms with E-state index in [2.05, 4.69) is 63.1 Å². The molecule has 0 heterocycles. The second-order valence-corrected chi connectivity index (χ2v) is 3.93. The van der Waals surface area contributed by atoms with Gasteiger partial charge in [0.2, 0.25) is 0 Å². The molecular formula is C12H19N. The van der Waals surface area contributed by atoms with E-state index in [1.54, 1.807) is 0 Å². The number of nitrogens with zero attached hydrogens (tertiary/aromatic N) is 1. The Morgan fingerprint density at radius 2 is 1.54 bits per heavy atom. The first-order chi connectivity index (χ1) is 6.13. The van der Waals surface area contributed by atoms with Gasteiger partial charge in [-0.3, -0.25) is 0 Å². The van der Waals surface area contributed by atoms with Gasteiger partial charge in [-0.1, -0.05) is 32.0 Å². The van der Waals surface area contributed by atoms with Gasteiger partial charge in [0.15, 0.2) is 0 Å². The molecule has 1 nitrogen and oxygen atoms in total. The van der Waals surface area contributed by atoms with Crippen LogP contribution in [0.3, 0.4) is 0 Å². The summed E-state index contributed by atoms with van der Waals surface area (Å²) in [6.07, 6.45) is 0. The largest absolute Gasteiger partial charge is 0.372 e. The molecule has 0 aromatic heterocycles. The predicted molar refractivity (Wildman–Crippen MR) is 59.1 cm³/mol. The topological polar surface area (TPSA) is 3.24 Å². The Balaban J connectivity index is 2.73. The lowest BCUT2D eigenvalue weighted by atomic mass is 10.0. The van der Waals surface area contributed by atoms with E-state index in [9.17, 15) is 0 Å². The maximum atomic E-state index is 2.32. The summed E-state index contributed by atoms with van der Waals surface area (Å²) in [7, 11) is 2.15. The van der Waals surface area contributed by atoms with Crippen molar-refractivity contribution < 1.29 is 0 Å². The van der Waals surface area contributed by atoms with Crippen LogP contribution < -0.4 is 4.90 Å². The second-order valence-electron chi connectivity index (χ2n) is 3.93. The number of benzene rings is 1. The molecule has 1 aromatic rings. The zero-order valence-corrected chi connectivity index (χ0v) is 8.99. The number of rotatable bonds is 3. The van der Waals surface area contributed by atoms with Gasteiger partial charge in [0, 0.05) is 18.8 Å². The van der Waals surface area contributed by atoms with E-state index in [0.29, 0.717) is 12.0 Å². The molecule has 1 aromatic carbocycles. The minimum atomic E-state index is 0.586. The van der Waals surface area contributed by atoms with Crippen LogP contribution in [-0.2, 0) is 0 Å². The van der Waals surface area contributed by atoms with E-state index in [-0.39, 0.29) is 0 Å². The highest BCUT2D eigenvalue weighted by molar-refractivity contribution is 5.45. The molecule has 0 saturated carbocycles. The number of hydrogen-bond donors (Lipinski definition) is 0. The lowest BCUT2D eigenvalue weighted by Crippen LogP contribution is -2.32. The monoisotopic (exact) mass is 177 g/mol. The van der Waals surface area contributed by atoms with Crippen molar-refractivity contribution in [2.24, 2.45) is 5.92 Å². The van der Waals surface area contributed by atoms with E-state index in [1.807, 2.05) is 0 Å². The standard InChI is InChI=1S/C12H19N/c1-10(2)11(3)13(4)12-8-6-5-7-9-12/h5-11H,1-4H3/t11-/m0/s1. The highest BCUT2D eigenvalue weighted by Gasteiger charge is 2.12. The third-order valence-corrected chi connectivity index (χ3v) is 2.74. The van der Waals surface area contributed by atoms with Gasteiger partial charge in [-0.05, 0) is 25.0 Å². The lowest BCUT2D eigenvalue weighted by molar-refractivity contribution is 0.505. The SMILES string of the molecule is CC(C)[C@H](C)N(C)c1ccccc1. The van der Waals surface area contributed by atoms with Crippen LogP contribution in [0.25, 0.3) is 0 Å². The van der Waals surface area contributed by atoms with Crippen molar-refractivity contribution in [1.82, 2.24) is 0 Å². The van der Waals surface area contributed by atoms with Crippen molar-refractivity contribution in [2.45, 2.75) is 26.8 Å². The smallest absolute Gasteiger partial charge is 0.0366 e. The van der Waals surface area contributed by atoms with E-state index in [0.717, 1.165) is 0 Å². The summed E-state index contributed by atoms with van der Waals surface area (Å²) in [6.45, 7) is 6.77. The van der Waals surface area contributed by atoms with Gasteiger partial charge in [0.1, 0.15) is 0 Å². The van der Waals surface area contributed by atoms with Crippen molar-refractivity contribution in [3.05, 3.63) is 30.3 Å². The Hall–Kier alpha value is -0.980. The quantitative estimate of drug-likeness (QED) is 0.685. The minimum Gasteiger partial charge on any atom is -0.372 e. The van der Waals surface area contributed by atoms with Gasteiger partial charge in [0.25, 0.3) is 0 Å². The highest BCUT2D eigenvalue weighted by atomic mass is 15.1. The Kier molecular flexibility index (Phi) is 3.35. The zero-order valence-electron chi connectivity index (χ0n) is 8.99. The Morgan fingerprint density at radius 3 is 2.00 bits per heavy atom. The molecule has 0 unspecified atom stereocenters. The van der Waals surface area contributed by atoms with Crippen molar-refractivity contribution >= 4 is 5.69 Å². The summed E-state index contributed by atoms with van der Waals surface area (Å²) in [6, 6.07) is 11.1. The maximum Gasteiger partial charge on any atom is 0.0366 e. The molecule has 0 radical (unpaired) electrons. The number of anilines is 1. The number of para-hydroxylation sites is 1. The molecule has 0 aliphatic rings.